The molecule has 0 aromatic heterocycles. The van der Waals surface area contributed by atoms with Crippen molar-refractivity contribution in [2.45, 2.75) is 51.1 Å². The van der Waals surface area contributed by atoms with Gasteiger partial charge in [0.2, 0.25) is 10.0 Å². The SMILES string of the molecule is CC(C)NS(=O)(=O)c1ccc(C(=O)NCC(=O)OCC(=O)NC(C)(C)C)cc1. The Morgan fingerprint density at radius 1 is 1.07 bits per heavy atom. The normalized spacial score (nSPS) is 11.8. The van der Waals surface area contributed by atoms with Gasteiger partial charge in [0, 0.05) is 17.1 Å². The van der Waals surface area contributed by atoms with Crippen molar-refractivity contribution in [3.8, 4) is 0 Å². The molecule has 9 nitrogen and oxygen atoms in total. The van der Waals surface area contributed by atoms with Crippen LogP contribution in [0.2, 0.25) is 0 Å². The monoisotopic (exact) mass is 413 g/mol. The molecule has 10 heteroatoms. The third kappa shape index (κ3) is 8.49. The van der Waals surface area contributed by atoms with E-state index in [-0.39, 0.29) is 16.5 Å². The average Bonchev–Trinajstić information content (AvgIpc) is 2.55. The van der Waals surface area contributed by atoms with Gasteiger partial charge in [0.25, 0.3) is 11.8 Å². The van der Waals surface area contributed by atoms with Crippen LogP contribution in [0.15, 0.2) is 29.2 Å². The number of rotatable bonds is 8. The fourth-order valence-electron chi connectivity index (χ4n) is 2.07. The van der Waals surface area contributed by atoms with Crippen molar-refractivity contribution < 1.29 is 27.5 Å². The molecule has 0 saturated heterocycles. The molecule has 3 N–H and O–H groups in total. The molecule has 0 aliphatic rings. The predicted octanol–water partition coefficient (Wildman–Crippen LogP) is 0.561. The molecule has 0 saturated carbocycles. The Morgan fingerprint density at radius 2 is 1.64 bits per heavy atom. The van der Waals surface area contributed by atoms with E-state index in [2.05, 4.69) is 15.4 Å². The third-order valence-electron chi connectivity index (χ3n) is 3.09. The highest BCUT2D eigenvalue weighted by atomic mass is 32.2. The third-order valence-corrected chi connectivity index (χ3v) is 4.76. The number of nitrogens with one attached hydrogen (secondary N) is 3. The summed E-state index contributed by atoms with van der Waals surface area (Å²) >= 11 is 0. The van der Waals surface area contributed by atoms with Gasteiger partial charge in [0.15, 0.2) is 6.61 Å². The zero-order valence-corrected chi connectivity index (χ0v) is 17.5. The summed E-state index contributed by atoms with van der Waals surface area (Å²) in [5.41, 5.74) is -0.260. The number of ether oxygens (including phenoxy) is 1. The summed E-state index contributed by atoms with van der Waals surface area (Å²) in [5, 5.41) is 4.99. The van der Waals surface area contributed by atoms with E-state index >= 15 is 0 Å². The van der Waals surface area contributed by atoms with Crippen LogP contribution in [0.5, 0.6) is 0 Å². The Morgan fingerprint density at radius 3 is 2.14 bits per heavy atom. The van der Waals surface area contributed by atoms with Crippen molar-refractivity contribution in [1.82, 2.24) is 15.4 Å². The molecule has 0 atom stereocenters. The summed E-state index contributed by atoms with van der Waals surface area (Å²) < 4.78 is 31.3. The Labute approximate surface area is 165 Å². The Hall–Kier alpha value is -2.46. The summed E-state index contributed by atoms with van der Waals surface area (Å²) in [6, 6.07) is 5.02. The zero-order chi connectivity index (χ0) is 21.5. The molecule has 2 amide bonds. The minimum Gasteiger partial charge on any atom is -0.454 e. The number of benzene rings is 1. The fourth-order valence-corrected chi connectivity index (χ4v) is 3.32. The number of hydrogen-bond donors (Lipinski definition) is 3. The molecule has 156 valence electrons. The van der Waals surface area contributed by atoms with Gasteiger partial charge < -0.3 is 15.4 Å². The Bertz CT molecular complexity index is 811. The van der Waals surface area contributed by atoms with E-state index in [9.17, 15) is 22.8 Å². The predicted molar refractivity (Wildman–Crippen MR) is 103 cm³/mol. The van der Waals surface area contributed by atoms with Crippen LogP contribution < -0.4 is 15.4 Å². The molecule has 0 fully saturated rings. The molecule has 0 unspecified atom stereocenters. The maximum Gasteiger partial charge on any atom is 0.325 e. The maximum absolute atomic E-state index is 12.1. The van der Waals surface area contributed by atoms with Gasteiger partial charge in [-0.15, -0.1) is 0 Å². The van der Waals surface area contributed by atoms with Crippen LogP contribution in [-0.4, -0.2) is 50.9 Å². The highest BCUT2D eigenvalue weighted by Crippen LogP contribution is 2.11. The van der Waals surface area contributed by atoms with Crippen LogP contribution in [0, 0.1) is 0 Å². The topological polar surface area (TPSA) is 131 Å². The van der Waals surface area contributed by atoms with Gasteiger partial charge >= 0.3 is 5.97 Å². The van der Waals surface area contributed by atoms with Crippen molar-refractivity contribution in [2.75, 3.05) is 13.2 Å². The molecular weight excluding hydrogens is 386 g/mol. The second-order valence-corrected chi connectivity index (χ2v) is 9.16. The first kappa shape index (κ1) is 23.6. The minimum atomic E-state index is -3.65. The van der Waals surface area contributed by atoms with E-state index in [0.29, 0.717) is 0 Å². The first-order valence-electron chi connectivity index (χ1n) is 8.67. The number of carbonyl (C=O) groups excluding carboxylic acids is 3. The van der Waals surface area contributed by atoms with Crippen LogP contribution in [0.4, 0.5) is 0 Å². The number of carbonyl (C=O) groups is 3. The van der Waals surface area contributed by atoms with Gasteiger partial charge in [-0.25, -0.2) is 13.1 Å². The quantitative estimate of drug-likeness (QED) is 0.534. The summed E-state index contributed by atoms with van der Waals surface area (Å²) in [6.45, 7) is 7.92. The van der Waals surface area contributed by atoms with E-state index in [1.54, 1.807) is 34.6 Å². The lowest BCUT2D eigenvalue weighted by molar-refractivity contribution is -0.147. The van der Waals surface area contributed by atoms with E-state index in [1.807, 2.05) is 0 Å². The lowest BCUT2D eigenvalue weighted by Crippen LogP contribution is -2.43. The number of esters is 1. The Kier molecular flexibility index (Phi) is 8.13. The van der Waals surface area contributed by atoms with Crippen molar-refractivity contribution in [2.24, 2.45) is 0 Å². The van der Waals surface area contributed by atoms with Crippen molar-refractivity contribution in [3.63, 3.8) is 0 Å². The molecule has 0 heterocycles. The molecule has 28 heavy (non-hydrogen) atoms. The van der Waals surface area contributed by atoms with Crippen LogP contribution in [0.3, 0.4) is 0 Å². The maximum atomic E-state index is 12.1. The number of hydrogen-bond acceptors (Lipinski definition) is 6. The fraction of sp³-hybridized carbons (Fsp3) is 0.500. The van der Waals surface area contributed by atoms with Crippen LogP contribution in [0.25, 0.3) is 0 Å². The lowest BCUT2D eigenvalue weighted by Gasteiger charge is -2.20. The zero-order valence-electron chi connectivity index (χ0n) is 16.7. The van der Waals surface area contributed by atoms with E-state index < -0.39 is 46.5 Å². The van der Waals surface area contributed by atoms with Crippen molar-refractivity contribution >= 4 is 27.8 Å². The summed E-state index contributed by atoms with van der Waals surface area (Å²) in [4.78, 5) is 35.3. The highest BCUT2D eigenvalue weighted by molar-refractivity contribution is 7.89. The summed E-state index contributed by atoms with van der Waals surface area (Å²) in [6.07, 6.45) is 0. The van der Waals surface area contributed by atoms with Crippen LogP contribution in [-0.2, 0) is 24.3 Å². The van der Waals surface area contributed by atoms with Gasteiger partial charge in [-0.05, 0) is 58.9 Å². The van der Waals surface area contributed by atoms with Crippen molar-refractivity contribution in [1.29, 1.82) is 0 Å². The molecule has 1 aromatic rings. The van der Waals surface area contributed by atoms with E-state index in [0.717, 1.165) is 0 Å². The van der Waals surface area contributed by atoms with Crippen LogP contribution >= 0.6 is 0 Å². The Balaban J connectivity index is 2.53. The second-order valence-electron chi connectivity index (χ2n) is 7.44. The molecule has 0 aliphatic heterocycles. The standard InChI is InChI=1S/C18H27N3O6S/c1-12(2)21-28(25,26)14-8-6-13(7-9-14)17(24)19-10-16(23)27-11-15(22)20-18(3,4)5/h6-9,12,21H,10-11H2,1-5H3,(H,19,24)(H,20,22). The number of sulfonamides is 1. The molecule has 0 bridgehead atoms. The molecular formula is C18H27N3O6S. The summed E-state index contributed by atoms with van der Waals surface area (Å²) in [7, 11) is -3.65. The molecule has 1 rings (SSSR count). The lowest BCUT2D eigenvalue weighted by atomic mass is 10.1. The summed E-state index contributed by atoms with van der Waals surface area (Å²) in [5.74, 6) is -1.78. The minimum absolute atomic E-state index is 0.0296. The first-order valence-corrected chi connectivity index (χ1v) is 10.2. The van der Waals surface area contributed by atoms with Gasteiger partial charge in [0.1, 0.15) is 6.54 Å². The van der Waals surface area contributed by atoms with E-state index in [4.69, 9.17) is 4.74 Å². The van der Waals surface area contributed by atoms with Crippen molar-refractivity contribution in [3.05, 3.63) is 29.8 Å². The van der Waals surface area contributed by atoms with Gasteiger partial charge in [-0.2, -0.15) is 0 Å². The molecule has 0 aliphatic carbocycles. The smallest absolute Gasteiger partial charge is 0.325 e. The van der Waals surface area contributed by atoms with E-state index in [1.165, 1.54) is 24.3 Å². The van der Waals surface area contributed by atoms with Gasteiger partial charge in [-0.3, -0.25) is 14.4 Å². The largest absolute Gasteiger partial charge is 0.454 e. The second kappa shape index (κ2) is 9.65. The molecule has 1 aromatic carbocycles. The van der Waals surface area contributed by atoms with Gasteiger partial charge in [0.05, 0.1) is 4.90 Å². The molecule has 0 spiro atoms. The average molecular weight is 413 g/mol. The van der Waals surface area contributed by atoms with Crippen LogP contribution in [0.1, 0.15) is 45.0 Å². The highest BCUT2D eigenvalue weighted by Gasteiger charge is 2.17. The number of amides is 2. The first-order chi connectivity index (χ1) is 12.8. The molecule has 0 radical (unpaired) electrons. The van der Waals surface area contributed by atoms with Gasteiger partial charge in [-0.1, -0.05) is 0 Å².